The van der Waals surface area contributed by atoms with Gasteiger partial charge >= 0.3 is 0 Å². The largest absolute Gasteiger partial charge is 0.446 e. The summed E-state index contributed by atoms with van der Waals surface area (Å²) in [4.78, 5) is 22.1. The summed E-state index contributed by atoms with van der Waals surface area (Å²) in [5.74, 6) is 2.08. The van der Waals surface area contributed by atoms with Gasteiger partial charge in [0.25, 0.3) is 5.82 Å². The number of carbonyl (C=O) groups excluding carboxylic acids is 1. The molecule has 1 aliphatic heterocycles. The summed E-state index contributed by atoms with van der Waals surface area (Å²) in [6, 6.07) is 7.95. The quantitative estimate of drug-likeness (QED) is 0.783. The molecule has 0 aliphatic carbocycles. The molecule has 5 heteroatoms. The molecule has 1 aromatic carbocycles. The zero-order valence-electron chi connectivity index (χ0n) is 12.6. The van der Waals surface area contributed by atoms with E-state index in [1.807, 2.05) is 24.3 Å². The molecule has 0 radical (unpaired) electrons. The first-order valence-electron chi connectivity index (χ1n) is 7.81. The fourth-order valence-electron chi connectivity index (χ4n) is 3.10. The van der Waals surface area contributed by atoms with Crippen molar-refractivity contribution in [1.82, 2.24) is 9.97 Å². The summed E-state index contributed by atoms with van der Waals surface area (Å²) in [6.45, 7) is 3.62. The van der Waals surface area contributed by atoms with Crippen LogP contribution in [-0.2, 0) is 11.2 Å². The lowest BCUT2D eigenvalue weighted by molar-refractivity contribution is -0.835. The molecule has 0 unspecified atom stereocenters. The van der Waals surface area contributed by atoms with Crippen LogP contribution >= 0.6 is 0 Å². The van der Waals surface area contributed by atoms with E-state index in [1.165, 1.54) is 4.90 Å². The van der Waals surface area contributed by atoms with Crippen molar-refractivity contribution in [2.45, 2.75) is 26.2 Å². The second-order valence-electron chi connectivity index (χ2n) is 5.76. The molecule has 1 fully saturated rings. The van der Waals surface area contributed by atoms with Crippen LogP contribution in [0.3, 0.4) is 0 Å². The number of carbonyl (C=O) groups is 1. The number of piperidine rings is 1. The van der Waals surface area contributed by atoms with Crippen LogP contribution in [0.25, 0.3) is 22.1 Å². The van der Waals surface area contributed by atoms with Gasteiger partial charge in [0.05, 0.1) is 25.9 Å². The topological polar surface area (TPSA) is 60.4 Å². The van der Waals surface area contributed by atoms with Crippen LogP contribution in [0.15, 0.2) is 28.7 Å². The number of Topliss-reactive ketones (excluding diaryl/α,β-unsaturated/α-hetero) is 1. The molecule has 4 rings (SSSR count). The van der Waals surface area contributed by atoms with Gasteiger partial charge in [0.1, 0.15) is 22.7 Å². The Morgan fingerprint density at radius 2 is 1.95 bits per heavy atom. The number of aryl methyl sites for hydroxylation is 1. The minimum atomic E-state index is 0.342. The van der Waals surface area contributed by atoms with Crippen molar-refractivity contribution in [3.8, 4) is 0 Å². The average molecular weight is 296 g/mol. The van der Waals surface area contributed by atoms with Crippen LogP contribution in [0.4, 0.5) is 5.82 Å². The van der Waals surface area contributed by atoms with E-state index in [1.54, 1.807) is 0 Å². The van der Waals surface area contributed by atoms with Crippen molar-refractivity contribution in [2.75, 3.05) is 13.1 Å². The zero-order chi connectivity index (χ0) is 15.1. The number of rotatable bonds is 2. The number of benzene rings is 1. The van der Waals surface area contributed by atoms with E-state index in [2.05, 4.69) is 11.9 Å². The van der Waals surface area contributed by atoms with Gasteiger partial charge in [-0.1, -0.05) is 19.1 Å². The van der Waals surface area contributed by atoms with E-state index in [4.69, 9.17) is 9.40 Å². The Morgan fingerprint density at radius 3 is 2.73 bits per heavy atom. The normalized spacial score (nSPS) is 16.7. The first-order valence-corrected chi connectivity index (χ1v) is 7.81. The van der Waals surface area contributed by atoms with Crippen LogP contribution in [0.2, 0.25) is 0 Å². The Hall–Kier alpha value is -2.27. The molecular weight excluding hydrogens is 278 g/mol. The van der Waals surface area contributed by atoms with Gasteiger partial charge in [0.15, 0.2) is 0 Å². The van der Waals surface area contributed by atoms with Crippen molar-refractivity contribution >= 4 is 33.7 Å². The highest BCUT2D eigenvalue weighted by molar-refractivity contribution is 6.04. The van der Waals surface area contributed by atoms with Gasteiger partial charge in [-0.05, 0) is 12.1 Å². The molecule has 3 aromatic rings. The Balaban J connectivity index is 1.94. The second kappa shape index (κ2) is 5.18. The van der Waals surface area contributed by atoms with Crippen LogP contribution in [0.5, 0.6) is 0 Å². The number of hydrogen-bond acceptors (Lipinski definition) is 4. The lowest BCUT2D eigenvalue weighted by Crippen LogP contribution is -3.08. The minimum absolute atomic E-state index is 0.342. The van der Waals surface area contributed by atoms with E-state index < -0.39 is 0 Å². The zero-order valence-corrected chi connectivity index (χ0v) is 12.6. The number of furan rings is 1. The fraction of sp³-hybridized carbons (Fsp3) is 0.353. The van der Waals surface area contributed by atoms with Gasteiger partial charge < -0.3 is 4.42 Å². The standard InChI is InChI=1S/C17H17N3O2/c1-2-14-18-15-12-5-3-4-6-13(12)22-16(15)17(19-14)20-9-7-11(21)8-10-20/h3-6H,2,7-10H2,1H3/p+1. The molecule has 1 saturated heterocycles. The number of aromatic nitrogens is 2. The van der Waals surface area contributed by atoms with Gasteiger partial charge in [-0.2, -0.15) is 4.98 Å². The summed E-state index contributed by atoms with van der Waals surface area (Å²) >= 11 is 0. The predicted molar refractivity (Wildman–Crippen MR) is 83.3 cm³/mol. The molecular formula is C17H18N3O2+. The lowest BCUT2D eigenvalue weighted by atomic mass is 10.1. The first kappa shape index (κ1) is 13.4. The predicted octanol–water partition coefficient (Wildman–Crippen LogP) is 1.82. The monoisotopic (exact) mass is 296 g/mol. The van der Waals surface area contributed by atoms with Gasteiger partial charge in [-0.25, -0.2) is 4.98 Å². The Labute approximate surface area is 127 Å². The van der Waals surface area contributed by atoms with Crippen LogP contribution < -0.4 is 4.90 Å². The average Bonchev–Trinajstić information content (AvgIpc) is 2.93. The van der Waals surface area contributed by atoms with E-state index in [0.29, 0.717) is 18.6 Å². The lowest BCUT2D eigenvalue weighted by Gasteiger charge is -2.21. The number of fused-ring (bicyclic) bond motifs is 3. The first-order chi connectivity index (χ1) is 10.8. The Bertz CT molecular complexity index is 859. The summed E-state index contributed by atoms with van der Waals surface area (Å²) in [7, 11) is 0. The Kier molecular flexibility index (Phi) is 3.15. The van der Waals surface area contributed by atoms with Crippen molar-refractivity contribution in [1.29, 1.82) is 0 Å². The minimum Gasteiger partial charge on any atom is -0.446 e. The maximum absolute atomic E-state index is 11.5. The van der Waals surface area contributed by atoms with Crippen molar-refractivity contribution in [2.24, 2.45) is 0 Å². The summed E-state index contributed by atoms with van der Waals surface area (Å²) in [6.07, 6.45) is 2.01. The highest BCUT2D eigenvalue weighted by Gasteiger charge is 2.27. The Morgan fingerprint density at radius 1 is 1.18 bits per heavy atom. The molecule has 22 heavy (non-hydrogen) atoms. The molecule has 5 nitrogen and oxygen atoms in total. The molecule has 1 aliphatic rings. The van der Waals surface area contributed by atoms with Gasteiger partial charge in [-0.3, -0.25) is 9.69 Å². The summed E-state index contributed by atoms with van der Waals surface area (Å²) < 4.78 is 6.03. The van der Waals surface area contributed by atoms with Crippen molar-refractivity contribution in [3.05, 3.63) is 30.1 Å². The van der Waals surface area contributed by atoms with E-state index in [0.717, 1.165) is 53.2 Å². The molecule has 1 N–H and O–H groups in total. The molecule has 0 atom stereocenters. The van der Waals surface area contributed by atoms with Crippen LogP contribution in [0.1, 0.15) is 25.6 Å². The van der Waals surface area contributed by atoms with Crippen molar-refractivity contribution in [3.63, 3.8) is 0 Å². The van der Waals surface area contributed by atoms with Gasteiger partial charge in [0, 0.05) is 11.8 Å². The van der Waals surface area contributed by atoms with E-state index in [-0.39, 0.29) is 0 Å². The number of hydrogen-bond donors (Lipinski definition) is 1. The molecule has 0 amide bonds. The smallest absolute Gasteiger partial charge is 0.273 e. The highest BCUT2D eigenvalue weighted by atomic mass is 16.3. The third-order valence-corrected chi connectivity index (χ3v) is 4.33. The van der Waals surface area contributed by atoms with Gasteiger partial charge in [-0.15, -0.1) is 0 Å². The molecule has 3 heterocycles. The second-order valence-corrected chi connectivity index (χ2v) is 5.76. The van der Waals surface area contributed by atoms with Crippen molar-refractivity contribution < 1.29 is 14.1 Å². The third-order valence-electron chi connectivity index (χ3n) is 4.33. The molecule has 112 valence electrons. The van der Waals surface area contributed by atoms with Crippen LogP contribution in [-0.4, -0.2) is 28.8 Å². The summed E-state index contributed by atoms with van der Waals surface area (Å²) in [5, 5.41) is 1.03. The van der Waals surface area contributed by atoms with E-state index in [9.17, 15) is 4.79 Å². The van der Waals surface area contributed by atoms with E-state index >= 15 is 0 Å². The maximum Gasteiger partial charge on any atom is 0.273 e. The number of nitrogens with zero attached hydrogens (tertiary/aromatic N) is 2. The summed E-state index contributed by atoms with van der Waals surface area (Å²) in [5.41, 5.74) is 2.50. The molecule has 2 aromatic heterocycles. The van der Waals surface area contributed by atoms with Gasteiger partial charge in [0.2, 0.25) is 5.58 Å². The molecule has 0 saturated carbocycles. The SMILES string of the molecule is CCc1nc([NH+]2CCC(=O)CC2)c2oc3ccccc3c2n1. The number of ketones is 1. The number of quaternary nitrogens is 1. The fourth-order valence-corrected chi connectivity index (χ4v) is 3.10. The number of nitrogens with one attached hydrogen (secondary N) is 1. The maximum atomic E-state index is 11.5. The molecule has 0 bridgehead atoms. The number of para-hydroxylation sites is 1. The molecule has 0 spiro atoms. The highest BCUT2D eigenvalue weighted by Crippen LogP contribution is 2.29. The van der Waals surface area contributed by atoms with Crippen LogP contribution in [0, 0.1) is 0 Å². The third kappa shape index (κ3) is 2.09.